The molecule has 0 aliphatic carbocycles. The van der Waals surface area contributed by atoms with Crippen LogP contribution >= 0.6 is 0 Å². The lowest BCUT2D eigenvalue weighted by atomic mass is 10.2. The van der Waals surface area contributed by atoms with E-state index in [0.717, 1.165) is 5.56 Å². The quantitative estimate of drug-likeness (QED) is 0.471. The highest BCUT2D eigenvalue weighted by molar-refractivity contribution is 6.41. The fourth-order valence-electron chi connectivity index (χ4n) is 1.39. The summed E-state index contributed by atoms with van der Waals surface area (Å²) in [6, 6.07) is 9.38. The van der Waals surface area contributed by atoms with Crippen LogP contribution in [0.2, 0.25) is 0 Å². The zero-order chi connectivity index (χ0) is 13.4. The second kappa shape index (κ2) is 7.40. The highest BCUT2D eigenvalue weighted by Gasteiger charge is 2.12. The van der Waals surface area contributed by atoms with E-state index in [1.807, 2.05) is 44.2 Å². The van der Waals surface area contributed by atoms with Crippen LogP contribution in [0.25, 0.3) is 6.08 Å². The van der Waals surface area contributed by atoms with Crippen LogP contribution in [-0.4, -0.2) is 29.8 Å². The average molecular weight is 246 g/mol. The zero-order valence-electron chi connectivity index (χ0n) is 10.7. The second-order valence-corrected chi connectivity index (χ2v) is 3.72. The van der Waals surface area contributed by atoms with Crippen molar-refractivity contribution in [2.75, 3.05) is 13.1 Å². The van der Waals surface area contributed by atoms with Gasteiger partial charge in [0.25, 0.3) is 0 Å². The summed E-state index contributed by atoms with van der Waals surface area (Å²) >= 11 is 0. The van der Waals surface area contributed by atoms with Crippen molar-refractivity contribution in [3.63, 3.8) is 0 Å². The topological polar surface area (TPSA) is 49.4 Å². The minimum Gasteiger partial charge on any atom is -0.284 e. The first-order valence-electron chi connectivity index (χ1n) is 6.00. The van der Waals surface area contributed by atoms with Crippen molar-refractivity contribution in [1.29, 1.82) is 0 Å². The molecule has 0 spiro atoms. The zero-order valence-corrected chi connectivity index (χ0v) is 10.7. The van der Waals surface area contributed by atoms with Crippen LogP contribution in [-0.2, 0) is 9.59 Å². The summed E-state index contributed by atoms with van der Waals surface area (Å²) in [5.41, 5.74) is 3.44. The maximum atomic E-state index is 11.6. The fraction of sp³-hybridized carbons (Fsp3) is 0.286. The third-order valence-corrected chi connectivity index (χ3v) is 2.47. The largest absolute Gasteiger partial charge is 0.306 e. The Labute approximate surface area is 107 Å². The molecule has 18 heavy (non-hydrogen) atoms. The number of hydrogen-bond acceptors (Lipinski definition) is 3. The van der Waals surface area contributed by atoms with Crippen LogP contribution < -0.4 is 5.43 Å². The van der Waals surface area contributed by atoms with Crippen molar-refractivity contribution >= 4 is 17.8 Å². The monoisotopic (exact) mass is 246 g/mol. The molecule has 0 saturated heterocycles. The number of ketones is 1. The molecule has 1 aromatic carbocycles. The molecule has 0 unspecified atom stereocenters. The standard InChI is InChI=1S/C14H18N2O2/c1-3-16(4-2)15-14(18)13(17)11-10-12-8-6-5-7-9-12/h5-11H,3-4H2,1-2H3,(H,15,18)/b11-10+. The SMILES string of the molecule is CCN(CC)NC(=O)C(=O)/C=C/c1ccccc1. The molecule has 1 rings (SSSR count). The number of amides is 1. The number of nitrogens with zero attached hydrogens (tertiary/aromatic N) is 1. The van der Waals surface area contributed by atoms with Gasteiger partial charge in [-0.3, -0.25) is 15.0 Å². The first kappa shape index (κ1) is 14.1. The lowest BCUT2D eigenvalue weighted by molar-refractivity contribution is -0.138. The lowest BCUT2D eigenvalue weighted by Crippen LogP contribution is -2.44. The highest BCUT2D eigenvalue weighted by atomic mass is 16.2. The average Bonchev–Trinajstić information content (AvgIpc) is 2.42. The predicted molar refractivity (Wildman–Crippen MR) is 71.5 cm³/mol. The molecule has 0 fully saturated rings. The Morgan fingerprint density at radius 1 is 1.17 bits per heavy atom. The van der Waals surface area contributed by atoms with Gasteiger partial charge in [0.1, 0.15) is 0 Å². The van der Waals surface area contributed by atoms with Crippen molar-refractivity contribution in [1.82, 2.24) is 10.4 Å². The van der Waals surface area contributed by atoms with E-state index in [1.54, 1.807) is 11.1 Å². The normalized spacial score (nSPS) is 10.8. The van der Waals surface area contributed by atoms with Crippen LogP contribution in [0, 0.1) is 0 Å². The van der Waals surface area contributed by atoms with Gasteiger partial charge < -0.3 is 0 Å². The molecule has 0 heterocycles. The fourth-order valence-corrected chi connectivity index (χ4v) is 1.39. The number of hydrazine groups is 1. The molecular formula is C14H18N2O2. The maximum absolute atomic E-state index is 11.6. The smallest absolute Gasteiger partial charge is 0.284 e. The molecule has 1 amide bonds. The van der Waals surface area contributed by atoms with Crippen molar-refractivity contribution in [3.05, 3.63) is 42.0 Å². The number of benzene rings is 1. The summed E-state index contributed by atoms with van der Waals surface area (Å²) in [4.78, 5) is 23.1. The Kier molecular flexibility index (Phi) is 5.80. The maximum Gasteiger partial charge on any atom is 0.306 e. The van der Waals surface area contributed by atoms with E-state index >= 15 is 0 Å². The van der Waals surface area contributed by atoms with Gasteiger partial charge in [-0.25, -0.2) is 5.01 Å². The highest BCUT2D eigenvalue weighted by Crippen LogP contribution is 2.00. The van der Waals surface area contributed by atoms with Crippen molar-refractivity contribution in [2.24, 2.45) is 0 Å². The van der Waals surface area contributed by atoms with Crippen LogP contribution in [0.1, 0.15) is 19.4 Å². The second-order valence-electron chi connectivity index (χ2n) is 3.72. The number of hydrogen-bond donors (Lipinski definition) is 1. The van der Waals surface area contributed by atoms with Gasteiger partial charge >= 0.3 is 5.91 Å². The predicted octanol–water partition coefficient (Wildman–Crippen LogP) is 1.64. The van der Waals surface area contributed by atoms with Gasteiger partial charge in [-0.2, -0.15) is 0 Å². The summed E-state index contributed by atoms with van der Waals surface area (Å²) in [7, 11) is 0. The van der Waals surface area contributed by atoms with Gasteiger partial charge in [-0.05, 0) is 11.6 Å². The first-order valence-corrected chi connectivity index (χ1v) is 6.00. The van der Waals surface area contributed by atoms with Gasteiger partial charge in [0.05, 0.1) is 0 Å². The Morgan fingerprint density at radius 3 is 2.33 bits per heavy atom. The van der Waals surface area contributed by atoms with Crippen LogP contribution in [0.5, 0.6) is 0 Å². The number of nitrogens with one attached hydrogen (secondary N) is 1. The Hall–Kier alpha value is -1.94. The van der Waals surface area contributed by atoms with E-state index in [4.69, 9.17) is 0 Å². The molecular weight excluding hydrogens is 228 g/mol. The van der Waals surface area contributed by atoms with Crippen LogP contribution in [0.15, 0.2) is 36.4 Å². The Bertz CT molecular complexity index is 423. The molecule has 96 valence electrons. The molecule has 0 saturated carbocycles. The molecule has 1 aromatic rings. The molecule has 1 N–H and O–H groups in total. The van der Waals surface area contributed by atoms with Crippen LogP contribution in [0.3, 0.4) is 0 Å². The van der Waals surface area contributed by atoms with E-state index in [1.165, 1.54) is 6.08 Å². The summed E-state index contributed by atoms with van der Waals surface area (Å²) in [6.45, 7) is 5.15. The van der Waals surface area contributed by atoms with Gasteiger partial charge in [0.2, 0.25) is 5.78 Å². The minimum absolute atomic E-state index is 0.550. The van der Waals surface area contributed by atoms with E-state index in [9.17, 15) is 9.59 Å². The Balaban J connectivity index is 2.55. The molecule has 4 heteroatoms. The third kappa shape index (κ3) is 4.51. The van der Waals surface area contributed by atoms with Gasteiger partial charge in [0.15, 0.2) is 0 Å². The molecule has 0 aromatic heterocycles. The van der Waals surface area contributed by atoms with Gasteiger partial charge in [0, 0.05) is 13.1 Å². The number of rotatable bonds is 6. The first-order chi connectivity index (χ1) is 8.67. The summed E-state index contributed by atoms with van der Waals surface area (Å²) < 4.78 is 0. The number of carbonyl (C=O) groups is 2. The summed E-state index contributed by atoms with van der Waals surface area (Å²) in [6.07, 6.45) is 2.91. The Morgan fingerprint density at radius 2 is 1.78 bits per heavy atom. The lowest BCUT2D eigenvalue weighted by Gasteiger charge is -2.17. The van der Waals surface area contributed by atoms with Crippen molar-refractivity contribution < 1.29 is 9.59 Å². The molecule has 0 bridgehead atoms. The molecule has 4 nitrogen and oxygen atoms in total. The van der Waals surface area contributed by atoms with E-state index in [2.05, 4.69) is 5.43 Å². The summed E-state index contributed by atoms with van der Waals surface area (Å²) in [5.74, 6) is -1.16. The van der Waals surface area contributed by atoms with E-state index in [-0.39, 0.29) is 0 Å². The summed E-state index contributed by atoms with van der Waals surface area (Å²) in [5, 5.41) is 1.68. The number of carbonyl (C=O) groups excluding carboxylic acids is 2. The van der Waals surface area contributed by atoms with Crippen molar-refractivity contribution in [2.45, 2.75) is 13.8 Å². The molecule has 0 aliphatic heterocycles. The van der Waals surface area contributed by atoms with E-state index in [0.29, 0.717) is 13.1 Å². The third-order valence-electron chi connectivity index (χ3n) is 2.47. The minimum atomic E-state index is -0.606. The van der Waals surface area contributed by atoms with Gasteiger partial charge in [-0.1, -0.05) is 50.3 Å². The molecule has 0 aliphatic rings. The van der Waals surface area contributed by atoms with E-state index < -0.39 is 11.7 Å². The molecule has 0 radical (unpaired) electrons. The van der Waals surface area contributed by atoms with Crippen LogP contribution in [0.4, 0.5) is 0 Å². The van der Waals surface area contributed by atoms with Gasteiger partial charge in [-0.15, -0.1) is 0 Å². The van der Waals surface area contributed by atoms with Crippen molar-refractivity contribution in [3.8, 4) is 0 Å². The molecule has 0 atom stereocenters.